The smallest absolute Gasteiger partial charge is 0.356 e. The highest BCUT2D eigenvalue weighted by molar-refractivity contribution is 5.80. The van der Waals surface area contributed by atoms with Crippen LogP contribution in [0.5, 0.6) is 0 Å². The third kappa shape index (κ3) is 4.53. The van der Waals surface area contributed by atoms with E-state index in [1.54, 1.807) is 10.9 Å². The molecular formula is C17H20F3N5O. The Labute approximate surface area is 149 Å². The molecule has 0 aliphatic carbocycles. The van der Waals surface area contributed by atoms with Crippen molar-refractivity contribution >= 4 is 11.7 Å². The van der Waals surface area contributed by atoms with Gasteiger partial charge < -0.3 is 10.2 Å². The fourth-order valence-electron chi connectivity index (χ4n) is 2.95. The summed E-state index contributed by atoms with van der Waals surface area (Å²) in [4.78, 5) is 18.0. The maximum atomic E-state index is 12.6. The normalized spacial score (nSPS) is 17.5. The van der Waals surface area contributed by atoms with Gasteiger partial charge in [0.1, 0.15) is 5.82 Å². The lowest BCUT2D eigenvalue weighted by Gasteiger charge is -2.18. The van der Waals surface area contributed by atoms with E-state index in [4.69, 9.17) is 0 Å². The van der Waals surface area contributed by atoms with Crippen LogP contribution in [0, 0.1) is 5.92 Å². The van der Waals surface area contributed by atoms with Crippen LogP contribution >= 0.6 is 0 Å². The van der Waals surface area contributed by atoms with Crippen molar-refractivity contribution in [2.45, 2.75) is 25.6 Å². The van der Waals surface area contributed by atoms with Gasteiger partial charge in [0.2, 0.25) is 5.91 Å². The summed E-state index contributed by atoms with van der Waals surface area (Å²) in [6, 6.07) is 4.22. The third-order valence-corrected chi connectivity index (χ3v) is 4.38. The lowest BCUT2D eigenvalue weighted by molar-refractivity contribution is -0.137. The Balaban J connectivity index is 1.44. The van der Waals surface area contributed by atoms with Crippen molar-refractivity contribution in [1.82, 2.24) is 20.1 Å². The molecule has 1 N–H and O–H groups in total. The van der Waals surface area contributed by atoms with Crippen LogP contribution in [-0.4, -0.2) is 40.3 Å². The fourth-order valence-corrected chi connectivity index (χ4v) is 2.95. The molecular weight excluding hydrogens is 347 g/mol. The van der Waals surface area contributed by atoms with E-state index in [0.29, 0.717) is 31.9 Å². The Morgan fingerprint density at radius 2 is 2.19 bits per heavy atom. The summed E-state index contributed by atoms with van der Waals surface area (Å²) in [6.07, 6.45) is 1.46. The minimum absolute atomic E-state index is 0.0279. The Kier molecular flexibility index (Phi) is 5.43. The van der Waals surface area contributed by atoms with E-state index in [1.807, 2.05) is 17.2 Å². The number of rotatable bonds is 6. The first-order chi connectivity index (χ1) is 12.4. The molecule has 1 fully saturated rings. The predicted molar refractivity (Wildman–Crippen MR) is 89.4 cm³/mol. The number of hydrogen-bond acceptors (Lipinski definition) is 4. The van der Waals surface area contributed by atoms with Gasteiger partial charge in [0.25, 0.3) is 0 Å². The highest BCUT2D eigenvalue weighted by Gasteiger charge is 2.32. The molecule has 9 heteroatoms. The molecule has 140 valence electrons. The molecule has 3 heterocycles. The summed E-state index contributed by atoms with van der Waals surface area (Å²) in [5, 5.41) is 7.01. The third-order valence-electron chi connectivity index (χ3n) is 4.38. The van der Waals surface area contributed by atoms with Crippen LogP contribution in [0.15, 0.2) is 36.8 Å². The summed E-state index contributed by atoms with van der Waals surface area (Å²) in [6.45, 7) is 2.36. The number of halogens is 3. The van der Waals surface area contributed by atoms with E-state index in [0.717, 1.165) is 25.2 Å². The van der Waals surface area contributed by atoms with Crippen molar-refractivity contribution in [2.75, 3.05) is 24.5 Å². The largest absolute Gasteiger partial charge is 0.417 e. The number of alkyl halides is 3. The van der Waals surface area contributed by atoms with Gasteiger partial charge in [-0.2, -0.15) is 18.3 Å². The molecule has 1 saturated heterocycles. The molecule has 2 aromatic heterocycles. The molecule has 6 nitrogen and oxygen atoms in total. The van der Waals surface area contributed by atoms with Crippen LogP contribution in [0.3, 0.4) is 0 Å². The summed E-state index contributed by atoms with van der Waals surface area (Å²) >= 11 is 0. The minimum Gasteiger partial charge on any atom is -0.356 e. The van der Waals surface area contributed by atoms with Crippen LogP contribution in [0.1, 0.15) is 18.4 Å². The molecule has 1 aliphatic rings. The lowest BCUT2D eigenvalue weighted by Crippen LogP contribution is -2.33. The number of nitrogens with one attached hydrogen (secondary N) is 1. The number of carbonyl (C=O) groups is 1. The molecule has 0 aromatic carbocycles. The van der Waals surface area contributed by atoms with E-state index in [2.05, 4.69) is 15.4 Å². The average molecular weight is 367 g/mol. The summed E-state index contributed by atoms with van der Waals surface area (Å²) < 4.78 is 39.6. The van der Waals surface area contributed by atoms with Gasteiger partial charge in [0.15, 0.2) is 0 Å². The van der Waals surface area contributed by atoms with Gasteiger partial charge in [-0.15, -0.1) is 0 Å². The number of amides is 1. The van der Waals surface area contributed by atoms with Gasteiger partial charge in [0.05, 0.1) is 11.5 Å². The maximum Gasteiger partial charge on any atom is 0.417 e. The second-order valence-electron chi connectivity index (χ2n) is 6.25. The maximum absolute atomic E-state index is 12.6. The molecule has 2 aromatic rings. The van der Waals surface area contributed by atoms with E-state index in [9.17, 15) is 18.0 Å². The predicted octanol–water partition coefficient (Wildman–Crippen LogP) is 2.33. The Bertz CT molecular complexity index is 715. The molecule has 0 spiro atoms. The molecule has 0 bridgehead atoms. The monoisotopic (exact) mass is 367 g/mol. The van der Waals surface area contributed by atoms with Gasteiger partial charge in [-0.25, -0.2) is 4.98 Å². The zero-order valence-electron chi connectivity index (χ0n) is 14.1. The minimum atomic E-state index is -4.39. The van der Waals surface area contributed by atoms with Gasteiger partial charge >= 0.3 is 6.18 Å². The standard InChI is InChI=1S/C17H20F3N5O/c18-17(19,20)14-3-4-15(22-11-14)24-10-5-13(12-24)16(26)21-6-1-8-25-9-2-7-23-25/h2-4,7,9,11,13H,1,5-6,8,10,12H2,(H,21,26). The first-order valence-electron chi connectivity index (χ1n) is 8.47. The number of aryl methyl sites for hydroxylation is 1. The van der Waals surface area contributed by atoms with Crippen LogP contribution in [0.4, 0.5) is 19.0 Å². The second-order valence-corrected chi connectivity index (χ2v) is 6.25. The van der Waals surface area contributed by atoms with Crippen molar-refractivity contribution in [3.8, 4) is 0 Å². The molecule has 26 heavy (non-hydrogen) atoms. The van der Waals surface area contributed by atoms with Crippen molar-refractivity contribution in [2.24, 2.45) is 5.92 Å². The average Bonchev–Trinajstić information content (AvgIpc) is 3.29. The van der Waals surface area contributed by atoms with Crippen molar-refractivity contribution in [3.05, 3.63) is 42.4 Å². The van der Waals surface area contributed by atoms with Gasteiger partial charge in [-0.3, -0.25) is 9.48 Å². The van der Waals surface area contributed by atoms with E-state index < -0.39 is 11.7 Å². The van der Waals surface area contributed by atoms with E-state index >= 15 is 0 Å². The van der Waals surface area contributed by atoms with Crippen molar-refractivity contribution < 1.29 is 18.0 Å². The van der Waals surface area contributed by atoms with Crippen molar-refractivity contribution in [3.63, 3.8) is 0 Å². The van der Waals surface area contributed by atoms with Crippen LogP contribution in [0.25, 0.3) is 0 Å². The summed E-state index contributed by atoms with van der Waals surface area (Å²) in [5.74, 6) is 0.260. The Hall–Kier alpha value is -2.58. The molecule has 1 unspecified atom stereocenters. The first-order valence-corrected chi connectivity index (χ1v) is 8.47. The zero-order chi connectivity index (χ0) is 18.6. The topological polar surface area (TPSA) is 63.1 Å². The number of anilines is 1. The lowest BCUT2D eigenvalue weighted by atomic mass is 10.1. The zero-order valence-corrected chi connectivity index (χ0v) is 14.1. The molecule has 1 aliphatic heterocycles. The fraction of sp³-hybridized carbons (Fsp3) is 0.471. The van der Waals surface area contributed by atoms with Crippen molar-refractivity contribution in [1.29, 1.82) is 0 Å². The quantitative estimate of drug-likeness (QED) is 0.796. The Morgan fingerprint density at radius 3 is 2.85 bits per heavy atom. The number of aromatic nitrogens is 3. The van der Waals surface area contributed by atoms with E-state index in [1.165, 1.54) is 6.07 Å². The highest BCUT2D eigenvalue weighted by atomic mass is 19.4. The SMILES string of the molecule is O=C(NCCCn1cccn1)C1CCN(c2ccc(C(F)(F)F)cn2)C1. The molecule has 3 rings (SSSR count). The van der Waals surface area contributed by atoms with Crippen LogP contribution in [-0.2, 0) is 17.5 Å². The molecule has 1 atom stereocenters. The van der Waals surface area contributed by atoms with Gasteiger partial charge in [-0.05, 0) is 31.0 Å². The summed E-state index contributed by atoms with van der Waals surface area (Å²) in [5.41, 5.74) is -0.771. The summed E-state index contributed by atoms with van der Waals surface area (Å²) in [7, 11) is 0. The van der Waals surface area contributed by atoms with Crippen LogP contribution < -0.4 is 10.2 Å². The molecule has 0 saturated carbocycles. The van der Waals surface area contributed by atoms with E-state index in [-0.39, 0.29) is 11.8 Å². The number of nitrogens with zero attached hydrogens (tertiary/aromatic N) is 4. The van der Waals surface area contributed by atoms with Gasteiger partial charge in [-0.1, -0.05) is 0 Å². The molecule has 1 amide bonds. The first kappa shape index (κ1) is 18.2. The highest BCUT2D eigenvalue weighted by Crippen LogP contribution is 2.30. The number of carbonyl (C=O) groups excluding carboxylic acids is 1. The van der Waals surface area contributed by atoms with Crippen LogP contribution in [0.2, 0.25) is 0 Å². The number of hydrogen-bond donors (Lipinski definition) is 1. The Morgan fingerprint density at radius 1 is 1.35 bits per heavy atom. The van der Waals surface area contributed by atoms with Gasteiger partial charge in [0, 0.05) is 44.8 Å². The molecule has 0 radical (unpaired) electrons. The second kappa shape index (κ2) is 7.76. The number of pyridine rings is 1.